The van der Waals surface area contributed by atoms with Gasteiger partial charge in [-0.3, -0.25) is 9.69 Å². The number of likely N-dealkylation sites (tertiary alicyclic amines) is 1. The van der Waals surface area contributed by atoms with Crippen LogP contribution in [0.3, 0.4) is 0 Å². The summed E-state index contributed by atoms with van der Waals surface area (Å²) in [4.78, 5) is 29.5. The number of anilines is 3. The Morgan fingerprint density at radius 3 is 2.71 bits per heavy atom. The van der Waals surface area contributed by atoms with Gasteiger partial charge in [-0.15, -0.1) is 0 Å². The SMILES string of the molecule is N[C@@H]1CCN(C2CCN(c3nc(Nc4cccc(Br)c4)c4c(=O)[nH]ccc4n3)CC2)C1. The molecule has 162 valence electrons. The monoisotopic (exact) mass is 483 g/mol. The number of nitrogens with two attached hydrogens (primary N) is 1. The second kappa shape index (κ2) is 8.57. The molecule has 0 amide bonds. The van der Waals surface area contributed by atoms with Crippen LogP contribution in [0.1, 0.15) is 19.3 Å². The molecule has 2 aliphatic rings. The summed E-state index contributed by atoms with van der Waals surface area (Å²) in [5.74, 6) is 1.18. The quantitative estimate of drug-likeness (QED) is 0.523. The third-order valence-electron chi connectivity index (χ3n) is 6.22. The van der Waals surface area contributed by atoms with E-state index < -0.39 is 0 Å². The minimum atomic E-state index is -0.203. The third-order valence-corrected chi connectivity index (χ3v) is 6.71. The maximum absolute atomic E-state index is 12.5. The van der Waals surface area contributed by atoms with E-state index in [2.05, 4.69) is 36.0 Å². The van der Waals surface area contributed by atoms with Gasteiger partial charge in [0, 0.05) is 54.6 Å². The Labute approximate surface area is 189 Å². The van der Waals surface area contributed by atoms with Crippen molar-refractivity contribution >= 4 is 44.3 Å². The Hall–Kier alpha value is -2.49. The van der Waals surface area contributed by atoms with E-state index in [4.69, 9.17) is 15.7 Å². The van der Waals surface area contributed by atoms with Crippen LogP contribution in [-0.2, 0) is 0 Å². The van der Waals surface area contributed by atoms with E-state index in [1.54, 1.807) is 6.20 Å². The molecule has 3 aromatic rings. The van der Waals surface area contributed by atoms with Crippen molar-refractivity contribution in [3.8, 4) is 0 Å². The van der Waals surface area contributed by atoms with Crippen LogP contribution >= 0.6 is 15.9 Å². The van der Waals surface area contributed by atoms with Crippen molar-refractivity contribution in [1.29, 1.82) is 0 Å². The van der Waals surface area contributed by atoms with Gasteiger partial charge in [-0.2, -0.15) is 4.98 Å². The Bertz CT molecular complexity index is 1140. The number of nitrogens with one attached hydrogen (secondary N) is 2. The summed E-state index contributed by atoms with van der Waals surface area (Å²) in [6.45, 7) is 3.88. The molecular formula is C22H26BrN7O. The topological polar surface area (TPSA) is 103 Å². The standard InChI is InChI=1S/C22H26BrN7O/c23-14-2-1-3-16(12-14)26-20-19-18(4-8-25-21(19)31)27-22(28-20)29-10-6-17(7-11-29)30-9-5-15(24)13-30/h1-4,8,12,15,17H,5-7,9-11,13,24H2,(H,25,31)(H,26,27,28)/t15-/m1/s1. The van der Waals surface area contributed by atoms with Crippen molar-refractivity contribution in [2.45, 2.75) is 31.3 Å². The van der Waals surface area contributed by atoms with Crippen molar-refractivity contribution in [2.24, 2.45) is 5.73 Å². The zero-order valence-electron chi connectivity index (χ0n) is 17.2. The van der Waals surface area contributed by atoms with Crippen molar-refractivity contribution < 1.29 is 0 Å². The number of hydrogen-bond acceptors (Lipinski definition) is 7. The number of aromatic amines is 1. The predicted molar refractivity (Wildman–Crippen MR) is 127 cm³/mol. The minimum Gasteiger partial charge on any atom is -0.341 e. The minimum absolute atomic E-state index is 0.203. The molecule has 0 aliphatic carbocycles. The van der Waals surface area contributed by atoms with Crippen LogP contribution in [0.15, 0.2) is 45.8 Å². The van der Waals surface area contributed by atoms with Gasteiger partial charge in [-0.05, 0) is 43.5 Å². The van der Waals surface area contributed by atoms with Crippen LogP contribution < -0.4 is 21.5 Å². The number of pyridine rings is 1. The number of H-pyrrole nitrogens is 1. The van der Waals surface area contributed by atoms with Gasteiger partial charge in [0.25, 0.3) is 5.56 Å². The summed E-state index contributed by atoms with van der Waals surface area (Å²) < 4.78 is 0.952. The smallest absolute Gasteiger partial charge is 0.261 e. The molecule has 4 N–H and O–H groups in total. The van der Waals surface area contributed by atoms with Crippen LogP contribution in [0, 0.1) is 0 Å². The summed E-state index contributed by atoms with van der Waals surface area (Å²) in [6, 6.07) is 10.5. The molecule has 0 unspecified atom stereocenters. The molecule has 9 heteroatoms. The van der Waals surface area contributed by atoms with E-state index in [1.807, 2.05) is 30.3 Å². The molecule has 31 heavy (non-hydrogen) atoms. The first kappa shape index (κ1) is 20.4. The van der Waals surface area contributed by atoms with Crippen LogP contribution in [0.2, 0.25) is 0 Å². The lowest BCUT2D eigenvalue weighted by atomic mass is 10.0. The normalized spacial score (nSPS) is 20.5. The molecule has 2 aromatic heterocycles. The highest BCUT2D eigenvalue weighted by molar-refractivity contribution is 9.10. The van der Waals surface area contributed by atoms with Crippen molar-refractivity contribution in [2.75, 3.05) is 36.4 Å². The highest BCUT2D eigenvalue weighted by Gasteiger charge is 2.30. The zero-order chi connectivity index (χ0) is 21.4. The van der Waals surface area contributed by atoms with Gasteiger partial charge in [0.15, 0.2) is 0 Å². The lowest BCUT2D eigenvalue weighted by molar-refractivity contribution is 0.205. The molecule has 2 aliphatic heterocycles. The fourth-order valence-corrected chi connectivity index (χ4v) is 4.99. The second-order valence-corrected chi connectivity index (χ2v) is 9.25. The van der Waals surface area contributed by atoms with E-state index in [-0.39, 0.29) is 5.56 Å². The van der Waals surface area contributed by atoms with Crippen molar-refractivity contribution in [3.63, 3.8) is 0 Å². The average molecular weight is 484 g/mol. The molecule has 1 atom stereocenters. The van der Waals surface area contributed by atoms with Crippen LogP contribution in [0.5, 0.6) is 0 Å². The molecule has 0 spiro atoms. The fraction of sp³-hybridized carbons (Fsp3) is 0.409. The molecule has 8 nitrogen and oxygen atoms in total. The molecule has 1 aromatic carbocycles. The van der Waals surface area contributed by atoms with Gasteiger partial charge in [-0.1, -0.05) is 22.0 Å². The second-order valence-electron chi connectivity index (χ2n) is 8.34. The Kier molecular flexibility index (Phi) is 5.64. The highest BCUT2D eigenvalue weighted by atomic mass is 79.9. The molecule has 0 saturated carbocycles. The lowest BCUT2D eigenvalue weighted by Gasteiger charge is -2.36. The van der Waals surface area contributed by atoms with Gasteiger partial charge in [0.2, 0.25) is 5.95 Å². The largest absolute Gasteiger partial charge is 0.341 e. The van der Waals surface area contributed by atoms with Gasteiger partial charge >= 0.3 is 0 Å². The summed E-state index contributed by atoms with van der Waals surface area (Å²) >= 11 is 3.49. The Balaban J connectivity index is 1.42. The van der Waals surface area contributed by atoms with E-state index in [0.717, 1.165) is 55.6 Å². The fourth-order valence-electron chi connectivity index (χ4n) is 4.59. The predicted octanol–water partition coefficient (Wildman–Crippen LogP) is 2.83. The first-order valence-corrected chi connectivity index (χ1v) is 11.5. The van der Waals surface area contributed by atoms with Gasteiger partial charge in [0.05, 0.1) is 5.52 Å². The summed E-state index contributed by atoms with van der Waals surface area (Å²) in [5.41, 5.74) is 7.38. The summed E-state index contributed by atoms with van der Waals surface area (Å²) in [6.07, 6.45) is 4.86. The molecule has 0 radical (unpaired) electrons. The van der Waals surface area contributed by atoms with E-state index in [0.29, 0.717) is 34.8 Å². The number of benzene rings is 1. The Morgan fingerprint density at radius 1 is 1.13 bits per heavy atom. The molecule has 2 saturated heterocycles. The Morgan fingerprint density at radius 2 is 1.97 bits per heavy atom. The van der Waals surface area contributed by atoms with Gasteiger partial charge < -0.3 is 20.9 Å². The van der Waals surface area contributed by atoms with E-state index >= 15 is 0 Å². The first-order chi connectivity index (χ1) is 15.1. The number of halogens is 1. The molecular weight excluding hydrogens is 458 g/mol. The van der Waals surface area contributed by atoms with Crippen molar-refractivity contribution in [3.05, 3.63) is 51.4 Å². The number of rotatable bonds is 4. The summed E-state index contributed by atoms with van der Waals surface area (Å²) in [5, 5.41) is 3.78. The van der Waals surface area contributed by atoms with Crippen LogP contribution in [-0.4, -0.2) is 58.1 Å². The third kappa shape index (κ3) is 4.30. The lowest BCUT2D eigenvalue weighted by Crippen LogP contribution is -2.45. The van der Waals surface area contributed by atoms with Crippen LogP contribution in [0.25, 0.3) is 10.9 Å². The highest BCUT2D eigenvalue weighted by Crippen LogP contribution is 2.28. The number of aromatic nitrogens is 3. The van der Waals surface area contributed by atoms with Gasteiger partial charge in [0.1, 0.15) is 11.2 Å². The number of piperidine rings is 1. The number of nitrogens with zero attached hydrogens (tertiary/aromatic N) is 4. The maximum atomic E-state index is 12.5. The van der Waals surface area contributed by atoms with Crippen LogP contribution in [0.4, 0.5) is 17.5 Å². The molecule has 5 rings (SSSR count). The molecule has 4 heterocycles. The summed E-state index contributed by atoms with van der Waals surface area (Å²) in [7, 11) is 0. The first-order valence-electron chi connectivity index (χ1n) is 10.7. The number of fused-ring (bicyclic) bond motifs is 1. The molecule has 0 bridgehead atoms. The average Bonchev–Trinajstić information content (AvgIpc) is 3.20. The maximum Gasteiger partial charge on any atom is 0.261 e. The van der Waals surface area contributed by atoms with Crippen molar-refractivity contribution in [1.82, 2.24) is 19.9 Å². The van der Waals surface area contributed by atoms with E-state index in [1.165, 1.54) is 0 Å². The van der Waals surface area contributed by atoms with E-state index in [9.17, 15) is 4.79 Å². The molecule has 2 fully saturated rings. The number of hydrogen-bond donors (Lipinski definition) is 3. The zero-order valence-corrected chi connectivity index (χ0v) is 18.8. The van der Waals surface area contributed by atoms with Gasteiger partial charge in [-0.25, -0.2) is 4.98 Å².